The van der Waals surface area contributed by atoms with Gasteiger partial charge in [-0.05, 0) is 24.8 Å². The van der Waals surface area contributed by atoms with Crippen LogP contribution in [0.3, 0.4) is 0 Å². The summed E-state index contributed by atoms with van der Waals surface area (Å²) in [6.07, 6.45) is 9.51. The molecule has 2 rings (SSSR count). The highest BCUT2D eigenvalue weighted by molar-refractivity contribution is 4.91. The second kappa shape index (κ2) is 7.77. The van der Waals surface area contributed by atoms with Crippen LogP contribution in [0.1, 0.15) is 58.7 Å². The Morgan fingerprint density at radius 1 is 1.35 bits per heavy atom. The lowest BCUT2D eigenvalue weighted by atomic mass is 9.87. The number of aromatic nitrogens is 3. The zero-order valence-electron chi connectivity index (χ0n) is 13.3. The van der Waals surface area contributed by atoms with Crippen LogP contribution in [-0.2, 0) is 13.0 Å². The van der Waals surface area contributed by atoms with Crippen LogP contribution in [0.2, 0.25) is 0 Å². The fraction of sp³-hybridized carbons (Fsp3) is 0.875. The van der Waals surface area contributed by atoms with Gasteiger partial charge >= 0.3 is 0 Å². The van der Waals surface area contributed by atoms with E-state index >= 15 is 0 Å². The number of rotatable bonds is 8. The maximum atomic E-state index is 4.50. The summed E-state index contributed by atoms with van der Waals surface area (Å²) in [5.74, 6) is 2.75. The molecule has 1 saturated carbocycles. The predicted octanol–water partition coefficient (Wildman–Crippen LogP) is 3.04. The molecule has 4 heteroatoms. The van der Waals surface area contributed by atoms with Gasteiger partial charge in [-0.2, -0.15) is 5.10 Å². The van der Waals surface area contributed by atoms with Crippen LogP contribution in [0.4, 0.5) is 0 Å². The van der Waals surface area contributed by atoms with E-state index in [0.717, 1.165) is 31.8 Å². The van der Waals surface area contributed by atoms with Crippen LogP contribution in [0, 0.1) is 11.8 Å². The summed E-state index contributed by atoms with van der Waals surface area (Å²) in [7, 11) is 0. The topological polar surface area (TPSA) is 42.7 Å². The number of nitrogens with zero attached hydrogens (tertiary/aromatic N) is 3. The third kappa shape index (κ3) is 4.30. The maximum Gasteiger partial charge on any atom is 0.138 e. The molecule has 1 heterocycles. The van der Waals surface area contributed by atoms with Crippen molar-refractivity contribution >= 4 is 0 Å². The van der Waals surface area contributed by atoms with Gasteiger partial charge in [0.05, 0.1) is 0 Å². The van der Waals surface area contributed by atoms with Crippen LogP contribution < -0.4 is 5.32 Å². The lowest BCUT2D eigenvalue weighted by Crippen LogP contribution is -2.33. The van der Waals surface area contributed by atoms with Crippen molar-refractivity contribution in [1.29, 1.82) is 0 Å². The summed E-state index contributed by atoms with van der Waals surface area (Å²) in [4.78, 5) is 4.50. The SMILES string of the molecule is CCCn1ncnc1CC(CNC(C)C)C1CCCC1. The van der Waals surface area contributed by atoms with Crippen molar-refractivity contribution in [3.05, 3.63) is 12.2 Å². The highest BCUT2D eigenvalue weighted by atomic mass is 15.3. The van der Waals surface area contributed by atoms with Gasteiger partial charge in [-0.1, -0.05) is 46.5 Å². The van der Waals surface area contributed by atoms with E-state index in [9.17, 15) is 0 Å². The van der Waals surface area contributed by atoms with Crippen molar-refractivity contribution in [2.24, 2.45) is 11.8 Å². The Morgan fingerprint density at radius 3 is 2.75 bits per heavy atom. The molecule has 0 aliphatic heterocycles. The molecular formula is C16H30N4. The molecule has 1 aliphatic rings. The van der Waals surface area contributed by atoms with E-state index < -0.39 is 0 Å². The van der Waals surface area contributed by atoms with E-state index in [1.165, 1.54) is 31.5 Å². The third-order valence-corrected chi connectivity index (χ3v) is 4.43. The minimum absolute atomic E-state index is 0.562. The molecular weight excluding hydrogens is 248 g/mol. The van der Waals surface area contributed by atoms with E-state index in [0.29, 0.717) is 12.0 Å². The minimum Gasteiger partial charge on any atom is -0.314 e. The van der Waals surface area contributed by atoms with Gasteiger partial charge in [0.2, 0.25) is 0 Å². The normalized spacial score (nSPS) is 18.0. The van der Waals surface area contributed by atoms with Gasteiger partial charge in [0.15, 0.2) is 0 Å². The number of nitrogens with one attached hydrogen (secondary N) is 1. The van der Waals surface area contributed by atoms with Gasteiger partial charge in [0.25, 0.3) is 0 Å². The van der Waals surface area contributed by atoms with Crippen molar-refractivity contribution in [3.8, 4) is 0 Å². The third-order valence-electron chi connectivity index (χ3n) is 4.43. The zero-order valence-corrected chi connectivity index (χ0v) is 13.3. The van der Waals surface area contributed by atoms with E-state index in [1.807, 2.05) is 0 Å². The minimum atomic E-state index is 0.562. The first-order valence-corrected chi connectivity index (χ1v) is 8.30. The Hall–Kier alpha value is -0.900. The molecule has 1 aromatic heterocycles. The van der Waals surface area contributed by atoms with Gasteiger partial charge in [-0.15, -0.1) is 0 Å². The first-order valence-electron chi connectivity index (χ1n) is 8.30. The summed E-state index contributed by atoms with van der Waals surface area (Å²) < 4.78 is 2.09. The summed E-state index contributed by atoms with van der Waals surface area (Å²) in [6.45, 7) is 8.75. The molecule has 1 atom stereocenters. The van der Waals surface area contributed by atoms with Crippen molar-refractivity contribution < 1.29 is 0 Å². The Balaban J connectivity index is 1.99. The Labute approximate surface area is 123 Å². The highest BCUT2D eigenvalue weighted by Crippen LogP contribution is 2.32. The molecule has 1 fully saturated rings. The van der Waals surface area contributed by atoms with E-state index in [4.69, 9.17) is 0 Å². The largest absolute Gasteiger partial charge is 0.314 e. The van der Waals surface area contributed by atoms with Crippen molar-refractivity contribution in [2.75, 3.05) is 6.54 Å². The quantitative estimate of drug-likeness (QED) is 0.795. The molecule has 0 amide bonds. The van der Waals surface area contributed by atoms with E-state index in [1.54, 1.807) is 6.33 Å². The first kappa shape index (κ1) is 15.5. The molecule has 1 unspecified atom stereocenters. The lowest BCUT2D eigenvalue weighted by Gasteiger charge is -2.25. The smallest absolute Gasteiger partial charge is 0.138 e. The van der Waals surface area contributed by atoms with Gasteiger partial charge in [0, 0.05) is 19.0 Å². The lowest BCUT2D eigenvalue weighted by molar-refractivity contribution is 0.304. The van der Waals surface area contributed by atoms with Crippen molar-refractivity contribution in [3.63, 3.8) is 0 Å². The average Bonchev–Trinajstić information content (AvgIpc) is 3.06. The number of hydrogen-bond donors (Lipinski definition) is 1. The van der Waals surface area contributed by atoms with Crippen LogP contribution in [0.5, 0.6) is 0 Å². The van der Waals surface area contributed by atoms with Crippen LogP contribution in [-0.4, -0.2) is 27.4 Å². The van der Waals surface area contributed by atoms with Gasteiger partial charge < -0.3 is 5.32 Å². The second-order valence-electron chi connectivity index (χ2n) is 6.47. The molecule has 0 bridgehead atoms. The Morgan fingerprint density at radius 2 is 2.10 bits per heavy atom. The van der Waals surface area contributed by atoms with Gasteiger partial charge in [-0.25, -0.2) is 4.98 Å². The summed E-state index contributed by atoms with van der Waals surface area (Å²) in [5, 5.41) is 7.99. The van der Waals surface area contributed by atoms with E-state index in [2.05, 4.69) is 40.9 Å². The first-order chi connectivity index (χ1) is 9.70. The fourth-order valence-electron chi connectivity index (χ4n) is 3.30. The van der Waals surface area contributed by atoms with E-state index in [-0.39, 0.29) is 0 Å². The molecule has 1 N–H and O–H groups in total. The van der Waals surface area contributed by atoms with Crippen molar-refractivity contribution in [2.45, 2.75) is 71.9 Å². The Kier molecular flexibility index (Phi) is 6.02. The summed E-state index contributed by atoms with van der Waals surface area (Å²) in [6, 6.07) is 0.562. The molecule has 0 saturated heterocycles. The van der Waals surface area contributed by atoms with Crippen molar-refractivity contribution in [1.82, 2.24) is 20.1 Å². The van der Waals surface area contributed by atoms with Gasteiger partial charge in [0.1, 0.15) is 12.2 Å². The molecule has 1 aromatic rings. The fourth-order valence-corrected chi connectivity index (χ4v) is 3.30. The molecule has 0 spiro atoms. The second-order valence-corrected chi connectivity index (χ2v) is 6.47. The monoisotopic (exact) mass is 278 g/mol. The molecule has 4 nitrogen and oxygen atoms in total. The maximum absolute atomic E-state index is 4.50. The highest BCUT2D eigenvalue weighted by Gasteiger charge is 2.26. The zero-order chi connectivity index (χ0) is 14.4. The summed E-state index contributed by atoms with van der Waals surface area (Å²) >= 11 is 0. The molecule has 114 valence electrons. The molecule has 0 aromatic carbocycles. The molecule has 0 radical (unpaired) electrons. The van der Waals surface area contributed by atoms with Crippen LogP contribution in [0.25, 0.3) is 0 Å². The molecule has 20 heavy (non-hydrogen) atoms. The van der Waals surface area contributed by atoms with Gasteiger partial charge in [-0.3, -0.25) is 4.68 Å². The number of hydrogen-bond acceptors (Lipinski definition) is 3. The number of aryl methyl sites for hydroxylation is 1. The van der Waals surface area contributed by atoms with Crippen LogP contribution >= 0.6 is 0 Å². The molecule has 1 aliphatic carbocycles. The predicted molar refractivity (Wildman–Crippen MR) is 82.6 cm³/mol. The summed E-state index contributed by atoms with van der Waals surface area (Å²) in [5.41, 5.74) is 0. The Bertz CT molecular complexity index is 380. The standard InChI is InChI=1S/C16H30N4/c1-4-9-20-16(18-12-19-20)10-15(11-17-13(2)3)14-7-5-6-8-14/h12-15,17H,4-11H2,1-3H3. The van der Waals surface area contributed by atoms with Crippen LogP contribution in [0.15, 0.2) is 6.33 Å². The average molecular weight is 278 g/mol.